The van der Waals surface area contributed by atoms with Crippen molar-refractivity contribution in [2.24, 2.45) is 5.92 Å². The van der Waals surface area contributed by atoms with E-state index in [2.05, 4.69) is 20.2 Å². The van der Waals surface area contributed by atoms with E-state index in [1.807, 2.05) is 6.07 Å². The number of piperidine rings is 1. The van der Waals surface area contributed by atoms with Crippen LogP contribution in [0.1, 0.15) is 12.8 Å². The quantitative estimate of drug-likeness (QED) is 0.718. The Morgan fingerprint density at radius 1 is 0.966 bits per heavy atom. The summed E-state index contributed by atoms with van der Waals surface area (Å²) in [6.07, 6.45) is 2.85. The molecule has 7 heteroatoms. The molecule has 4 rings (SSSR count). The molecule has 29 heavy (non-hydrogen) atoms. The van der Waals surface area contributed by atoms with Crippen molar-refractivity contribution in [1.82, 2.24) is 9.97 Å². The van der Waals surface area contributed by atoms with Gasteiger partial charge in [0.1, 0.15) is 23.8 Å². The van der Waals surface area contributed by atoms with Crippen LogP contribution in [0.15, 0.2) is 60.9 Å². The zero-order valence-electron chi connectivity index (χ0n) is 15.7. The Kier molecular flexibility index (Phi) is 5.46. The average molecular weight is 394 g/mol. The number of nitrogens with zero attached hydrogens (tertiary/aromatic N) is 3. The first-order valence-electron chi connectivity index (χ1n) is 9.48. The van der Waals surface area contributed by atoms with E-state index in [0.29, 0.717) is 31.6 Å². The summed E-state index contributed by atoms with van der Waals surface area (Å²) in [5.41, 5.74) is 2.01. The van der Waals surface area contributed by atoms with Crippen molar-refractivity contribution in [3.05, 3.63) is 72.6 Å². The second-order valence-electron chi connectivity index (χ2n) is 7.03. The lowest BCUT2D eigenvalue weighted by atomic mass is 9.95. The number of nitrogens with one attached hydrogen (secondary N) is 1. The predicted octanol–water partition coefficient (Wildman–Crippen LogP) is 4.28. The standard InChI is InChI=1S/C22H20F2N4O/c23-17-6-4-15(5-7-17)20-13-21(26-14-25-20)28-10-8-16(9-11-28)22(29)27-19-3-1-2-18(24)12-19/h1-7,12-14,16H,8-11H2,(H,27,29). The molecule has 1 N–H and O–H groups in total. The normalized spacial score (nSPS) is 14.6. The van der Waals surface area contributed by atoms with Crippen LogP contribution < -0.4 is 10.2 Å². The van der Waals surface area contributed by atoms with Crippen LogP contribution >= 0.6 is 0 Å². The molecule has 0 aliphatic carbocycles. The van der Waals surface area contributed by atoms with Gasteiger partial charge in [-0.3, -0.25) is 4.79 Å². The summed E-state index contributed by atoms with van der Waals surface area (Å²) < 4.78 is 26.4. The van der Waals surface area contributed by atoms with Crippen molar-refractivity contribution in [2.45, 2.75) is 12.8 Å². The van der Waals surface area contributed by atoms with Gasteiger partial charge in [-0.1, -0.05) is 6.07 Å². The summed E-state index contributed by atoms with van der Waals surface area (Å²) in [5, 5.41) is 2.79. The minimum Gasteiger partial charge on any atom is -0.356 e. The molecule has 1 aliphatic rings. The molecule has 1 aromatic heterocycles. The summed E-state index contributed by atoms with van der Waals surface area (Å²) >= 11 is 0. The van der Waals surface area contributed by atoms with Crippen molar-refractivity contribution < 1.29 is 13.6 Å². The van der Waals surface area contributed by atoms with Crippen molar-refractivity contribution in [3.63, 3.8) is 0 Å². The minimum absolute atomic E-state index is 0.0926. The number of aromatic nitrogens is 2. The van der Waals surface area contributed by atoms with Gasteiger partial charge in [0.25, 0.3) is 0 Å². The highest BCUT2D eigenvalue weighted by Crippen LogP contribution is 2.26. The number of hydrogen-bond acceptors (Lipinski definition) is 4. The molecule has 1 saturated heterocycles. The highest BCUT2D eigenvalue weighted by Gasteiger charge is 2.26. The molecule has 3 aromatic rings. The van der Waals surface area contributed by atoms with E-state index in [1.165, 1.54) is 30.6 Å². The Morgan fingerprint density at radius 2 is 1.72 bits per heavy atom. The first kappa shape index (κ1) is 19.0. The predicted molar refractivity (Wildman–Crippen MR) is 107 cm³/mol. The molecule has 0 atom stereocenters. The zero-order chi connectivity index (χ0) is 20.2. The highest BCUT2D eigenvalue weighted by molar-refractivity contribution is 5.92. The van der Waals surface area contributed by atoms with Crippen LogP contribution in [-0.4, -0.2) is 29.0 Å². The van der Waals surface area contributed by atoms with Crippen LogP contribution in [0.2, 0.25) is 0 Å². The van der Waals surface area contributed by atoms with Gasteiger partial charge in [-0.25, -0.2) is 18.7 Å². The third-order valence-corrected chi connectivity index (χ3v) is 5.07. The molecule has 1 fully saturated rings. The lowest BCUT2D eigenvalue weighted by Crippen LogP contribution is -2.38. The SMILES string of the molecule is O=C(Nc1cccc(F)c1)C1CCN(c2cc(-c3ccc(F)cc3)ncn2)CC1. The Hall–Kier alpha value is -3.35. The maximum absolute atomic E-state index is 13.3. The second-order valence-corrected chi connectivity index (χ2v) is 7.03. The van der Waals surface area contributed by atoms with Crippen molar-refractivity contribution >= 4 is 17.4 Å². The number of halogens is 2. The second kappa shape index (κ2) is 8.34. The third-order valence-electron chi connectivity index (χ3n) is 5.07. The zero-order valence-corrected chi connectivity index (χ0v) is 15.7. The number of carbonyl (C=O) groups is 1. The molecule has 0 unspecified atom stereocenters. The number of amides is 1. The molecule has 5 nitrogen and oxygen atoms in total. The van der Waals surface area contributed by atoms with Crippen LogP contribution in [0.5, 0.6) is 0 Å². The Morgan fingerprint density at radius 3 is 2.45 bits per heavy atom. The van der Waals surface area contributed by atoms with Crippen LogP contribution in [0.4, 0.5) is 20.3 Å². The van der Waals surface area contributed by atoms with E-state index in [-0.39, 0.29) is 23.5 Å². The number of hydrogen-bond donors (Lipinski definition) is 1. The van der Waals surface area contributed by atoms with Gasteiger partial charge in [0.15, 0.2) is 0 Å². The van der Waals surface area contributed by atoms with Gasteiger partial charge < -0.3 is 10.2 Å². The first-order chi connectivity index (χ1) is 14.1. The van der Waals surface area contributed by atoms with Crippen LogP contribution in [0, 0.1) is 17.6 Å². The van der Waals surface area contributed by atoms with Crippen molar-refractivity contribution in [2.75, 3.05) is 23.3 Å². The van der Waals surface area contributed by atoms with Gasteiger partial charge in [-0.05, 0) is 55.3 Å². The van der Waals surface area contributed by atoms with Crippen molar-refractivity contribution in [1.29, 1.82) is 0 Å². The van der Waals surface area contributed by atoms with Gasteiger partial charge in [-0.2, -0.15) is 0 Å². The lowest BCUT2D eigenvalue weighted by molar-refractivity contribution is -0.120. The fourth-order valence-corrected chi connectivity index (χ4v) is 3.48. The lowest BCUT2D eigenvalue weighted by Gasteiger charge is -2.32. The molecule has 1 aliphatic heterocycles. The van der Waals surface area contributed by atoms with E-state index < -0.39 is 0 Å². The fourth-order valence-electron chi connectivity index (χ4n) is 3.48. The van der Waals surface area contributed by atoms with Gasteiger partial charge in [0, 0.05) is 36.3 Å². The van der Waals surface area contributed by atoms with Gasteiger partial charge in [-0.15, -0.1) is 0 Å². The molecule has 2 heterocycles. The third kappa shape index (κ3) is 4.56. The van der Waals surface area contributed by atoms with E-state index in [1.54, 1.807) is 24.3 Å². The number of benzene rings is 2. The van der Waals surface area contributed by atoms with E-state index in [9.17, 15) is 13.6 Å². The highest BCUT2D eigenvalue weighted by atomic mass is 19.1. The number of anilines is 2. The largest absolute Gasteiger partial charge is 0.356 e. The molecular weight excluding hydrogens is 374 g/mol. The van der Waals surface area contributed by atoms with E-state index in [0.717, 1.165) is 17.1 Å². The Bertz CT molecular complexity index is 1000. The summed E-state index contributed by atoms with van der Waals surface area (Å²) in [4.78, 5) is 23.2. The molecule has 0 saturated carbocycles. The van der Waals surface area contributed by atoms with Crippen molar-refractivity contribution in [3.8, 4) is 11.3 Å². The number of carbonyl (C=O) groups excluding carboxylic acids is 1. The Labute approximate surface area is 167 Å². The van der Waals surface area contributed by atoms with Gasteiger partial charge in [0.05, 0.1) is 5.69 Å². The van der Waals surface area contributed by atoms with Crippen LogP contribution in [-0.2, 0) is 4.79 Å². The first-order valence-corrected chi connectivity index (χ1v) is 9.48. The summed E-state index contributed by atoms with van der Waals surface area (Å²) in [5.74, 6) is -0.110. The topological polar surface area (TPSA) is 58.1 Å². The maximum Gasteiger partial charge on any atom is 0.227 e. The summed E-state index contributed by atoms with van der Waals surface area (Å²) in [6, 6.07) is 13.9. The summed E-state index contributed by atoms with van der Waals surface area (Å²) in [6.45, 7) is 1.36. The molecule has 1 amide bonds. The van der Waals surface area contributed by atoms with E-state index >= 15 is 0 Å². The Balaban J connectivity index is 1.39. The minimum atomic E-state index is -0.377. The molecule has 0 spiro atoms. The molecule has 2 aromatic carbocycles. The molecule has 0 bridgehead atoms. The fraction of sp³-hybridized carbons (Fsp3) is 0.227. The maximum atomic E-state index is 13.3. The molecule has 148 valence electrons. The average Bonchev–Trinajstić information content (AvgIpc) is 2.74. The number of rotatable bonds is 4. The van der Waals surface area contributed by atoms with Crippen LogP contribution in [0.3, 0.4) is 0 Å². The van der Waals surface area contributed by atoms with Gasteiger partial charge in [0.2, 0.25) is 5.91 Å². The summed E-state index contributed by atoms with van der Waals surface area (Å²) in [7, 11) is 0. The monoisotopic (exact) mass is 394 g/mol. The molecule has 0 radical (unpaired) electrons. The van der Waals surface area contributed by atoms with E-state index in [4.69, 9.17) is 0 Å². The van der Waals surface area contributed by atoms with Gasteiger partial charge >= 0.3 is 0 Å². The van der Waals surface area contributed by atoms with Crippen LogP contribution in [0.25, 0.3) is 11.3 Å². The smallest absolute Gasteiger partial charge is 0.227 e. The molecular formula is C22H20F2N4O.